The largest absolute Gasteiger partial charge is 0.207 e. The van der Waals surface area contributed by atoms with Gasteiger partial charge in [-0.05, 0) is 29.8 Å². The molecule has 0 amide bonds. The lowest BCUT2D eigenvalue weighted by Gasteiger charge is -2.13. The molecule has 0 aliphatic heterocycles. The smallest absolute Gasteiger partial charge is 0.159 e. The summed E-state index contributed by atoms with van der Waals surface area (Å²) in [5.41, 5.74) is 0.492. The number of hydrogen-bond donors (Lipinski definition) is 0. The summed E-state index contributed by atoms with van der Waals surface area (Å²) in [6.45, 7) is 0. The first-order valence-electron chi connectivity index (χ1n) is 5.03. The number of halogens is 5. The van der Waals surface area contributed by atoms with Crippen LogP contribution in [0.1, 0.15) is 16.5 Å². The van der Waals surface area contributed by atoms with Crippen LogP contribution in [0.4, 0.5) is 13.2 Å². The minimum atomic E-state index is -1.01. The van der Waals surface area contributed by atoms with Crippen molar-refractivity contribution in [2.75, 3.05) is 0 Å². The molecule has 2 aromatic rings. The van der Waals surface area contributed by atoms with Crippen LogP contribution in [0.3, 0.4) is 0 Å². The van der Waals surface area contributed by atoms with E-state index in [2.05, 4.69) is 15.9 Å². The zero-order valence-electron chi connectivity index (χ0n) is 8.93. The summed E-state index contributed by atoms with van der Waals surface area (Å²) in [6.07, 6.45) is 0. The Morgan fingerprint density at radius 2 is 1.67 bits per heavy atom. The van der Waals surface area contributed by atoms with E-state index in [0.717, 1.165) is 12.1 Å². The second-order valence-corrected chi connectivity index (χ2v) is 4.96. The summed E-state index contributed by atoms with van der Waals surface area (Å²) < 4.78 is 40.1. The van der Waals surface area contributed by atoms with Crippen molar-refractivity contribution < 1.29 is 13.2 Å². The Balaban J connectivity index is 2.48. The van der Waals surface area contributed by atoms with Gasteiger partial charge < -0.3 is 0 Å². The second-order valence-electron chi connectivity index (χ2n) is 3.67. The van der Waals surface area contributed by atoms with Gasteiger partial charge in [0.1, 0.15) is 5.82 Å². The maximum atomic E-state index is 13.7. The summed E-state index contributed by atoms with van der Waals surface area (Å²) in [6, 6.07) is 7.68. The summed E-state index contributed by atoms with van der Waals surface area (Å²) in [4.78, 5) is 0. The summed E-state index contributed by atoms with van der Waals surface area (Å²) in [5, 5.41) is -0.893. The van der Waals surface area contributed by atoms with Crippen molar-refractivity contribution in [3.63, 3.8) is 0 Å². The van der Waals surface area contributed by atoms with Gasteiger partial charge in [-0.3, -0.25) is 0 Å². The normalized spacial score (nSPS) is 12.5. The van der Waals surface area contributed by atoms with Gasteiger partial charge >= 0.3 is 0 Å². The van der Waals surface area contributed by atoms with E-state index in [0.29, 0.717) is 10.0 Å². The van der Waals surface area contributed by atoms with Crippen LogP contribution >= 0.6 is 27.5 Å². The molecule has 0 fully saturated rings. The molecule has 0 aliphatic carbocycles. The molecule has 0 aliphatic rings. The first kappa shape index (κ1) is 13.4. The molecule has 18 heavy (non-hydrogen) atoms. The third-order valence-electron chi connectivity index (χ3n) is 2.49. The number of hydrogen-bond acceptors (Lipinski definition) is 0. The fraction of sp³-hybridized carbons (Fsp3) is 0.0769. The van der Waals surface area contributed by atoms with Gasteiger partial charge in [-0.15, -0.1) is 11.6 Å². The Hall–Kier alpha value is -1.00. The zero-order chi connectivity index (χ0) is 13.3. The Labute approximate surface area is 116 Å². The molecular weight excluding hydrogens is 328 g/mol. The molecular formula is C13H7BrClF3. The van der Waals surface area contributed by atoms with E-state index in [4.69, 9.17) is 11.6 Å². The first-order valence-corrected chi connectivity index (χ1v) is 6.26. The lowest BCUT2D eigenvalue weighted by molar-refractivity contribution is 0.507. The van der Waals surface area contributed by atoms with E-state index in [1.165, 1.54) is 18.2 Å². The molecule has 0 saturated carbocycles. The van der Waals surface area contributed by atoms with Gasteiger partial charge in [0.05, 0.1) is 5.38 Å². The van der Waals surface area contributed by atoms with Gasteiger partial charge in [0.2, 0.25) is 0 Å². The van der Waals surface area contributed by atoms with Gasteiger partial charge in [-0.1, -0.05) is 28.1 Å². The Kier molecular flexibility index (Phi) is 3.97. The Morgan fingerprint density at radius 3 is 2.28 bits per heavy atom. The molecule has 94 valence electrons. The summed E-state index contributed by atoms with van der Waals surface area (Å²) >= 11 is 9.29. The van der Waals surface area contributed by atoms with Crippen molar-refractivity contribution in [2.24, 2.45) is 0 Å². The van der Waals surface area contributed by atoms with Crippen molar-refractivity contribution in [1.82, 2.24) is 0 Å². The van der Waals surface area contributed by atoms with Crippen LogP contribution in [-0.2, 0) is 0 Å². The predicted molar refractivity (Wildman–Crippen MR) is 68.2 cm³/mol. The fourth-order valence-electron chi connectivity index (χ4n) is 1.59. The lowest BCUT2D eigenvalue weighted by atomic mass is 10.0. The van der Waals surface area contributed by atoms with Crippen molar-refractivity contribution in [2.45, 2.75) is 5.38 Å². The highest BCUT2D eigenvalue weighted by atomic mass is 79.9. The van der Waals surface area contributed by atoms with Crippen molar-refractivity contribution in [1.29, 1.82) is 0 Å². The van der Waals surface area contributed by atoms with Gasteiger partial charge in [0, 0.05) is 10.0 Å². The molecule has 0 bridgehead atoms. The molecule has 0 nitrogen and oxygen atoms in total. The summed E-state index contributed by atoms with van der Waals surface area (Å²) in [7, 11) is 0. The van der Waals surface area contributed by atoms with Gasteiger partial charge in [0.25, 0.3) is 0 Å². The van der Waals surface area contributed by atoms with Crippen molar-refractivity contribution in [3.8, 4) is 0 Å². The third-order valence-corrected chi connectivity index (χ3v) is 3.65. The Bertz CT molecular complexity index is 566. The molecule has 0 saturated heterocycles. The predicted octanol–water partition coefficient (Wildman–Crippen LogP) is 5.19. The quantitative estimate of drug-likeness (QED) is 0.662. The second kappa shape index (κ2) is 5.33. The molecule has 2 rings (SSSR count). The molecule has 1 unspecified atom stereocenters. The van der Waals surface area contributed by atoms with E-state index >= 15 is 0 Å². The van der Waals surface area contributed by atoms with Crippen LogP contribution < -0.4 is 0 Å². The SMILES string of the molecule is Fc1ccc(C(Cl)c2c(F)cccc2Br)cc1F. The number of benzene rings is 2. The van der Waals surface area contributed by atoms with Gasteiger partial charge in [-0.25, -0.2) is 13.2 Å². The molecule has 0 heterocycles. The number of alkyl halides is 1. The third kappa shape index (κ3) is 2.54. The van der Waals surface area contributed by atoms with Crippen LogP contribution in [0, 0.1) is 17.5 Å². The van der Waals surface area contributed by atoms with Crippen LogP contribution in [0.15, 0.2) is 40.9 Å². The van der Waals surface area contributed by atoms with Crippen LogP contribution in [0.5, 0.6) is 0 Å². The maximum Gasteiger partial charge on any atom is 0.159 e. The maximum absolute atomic E-state index is 13.7. The van der Waals surface area contributed by atoms with Crippen LogP contribution in [-0.4, -0.2) is 0 Å². The van der Waals surface area contributed by atoms with Crippen LogP contribution in [0.25, 0.3) is 0 Å². The fourth-order valence-corrected chi connectivity index (χ4v) is 2.65. The van der Waals surface area contributed by atoms with E-state index in [1.54, 1.807) is 6.07 Å². The highest BCUT2D eigenvalue weighted by Gasteiger charge is 2.19. The first-order chi connectivity index (χ1) is 8.50. The van der Waals surface area contributed by atoms with E-state index in [9.17, 15) is 13.2 Å². The molecule has 0 N–H and O–H groups in total. The standard InChI is InChI=1S/C13H7BrClF3/c14-8-2-1-3-10(17)12(8)13(15)7-4-5-9(16)11(18)6-7/h1-6,13H. The van der Waals surface area contributed by atoms with Crippen molar-refractivity contribution in [3.05, 3.63) is 69.4 Å². The van der Waals surface area contributed by atoms with Crippen LogP contribution in [0.2, 0.25) is 0 Å². The number of rotatable bonds is 2. The Morgan fingerprint density at radius 1 is 0.944 bits per heavy atom. The molecule has 5 heteroatoms. The van der Waals surface area contributed by atoms with Gasteiger partial charge in [0.15, 0.2) is 11.6 Å². The van der Waals surface area contributed by atoms with Crippen molar-refractivity contribution >= 4 is 27.5 Å². The monoisotopic (exact) mass is 334 g/mol. The molecule has 1 atom stereocenters. The minimum absolute atomic E-state index is 0.199. The lowest BCUT2D eigenvalue weighted by Crippen LogP contribution is -1.99. The molecule has 0 spiro atoms. The molecule has 2 aromatic carbocycles. The van der Waals surface area contributed by atoms with E-state index in [-0.39, 0.29) is 5.56 Å². The highest BCUT2D eigenvalue weighted by molar-refractivity contribution is 9.10. The molecule has 0 radical (unpaired) electrons. The summed E-state index contributed by atoms with van der Waals surface area (Å²) in [5.74, 6) is -2.48. The minimum Gasteiger partial charge on any atom is -0.207 e. The van der Waals surface area contributed by atoms with E-state index in [1.807, 2.05) is 0 Å². The topological polar surface area (TPSA) is 0 Å². The average molecular weight is 336 g/mol. The molecule has 0 aromatic heterocycles. The average Bonchev–Trinajstić information content (AvgIpc) is 2.32. The van der Waals surface area contributed by atoms with E-state index < -0.39 is 22.8 Å². The van der Waals surface area contributed by atoms with Gasteiger partial charge in [-0.2, -0.15) is 0 Å². The zero-order valence-corrected chi connectivity index (χ0v) is 11.3. The highest BCUT2D eigenvalue weighted by Crippen LogP contribution is 2.35.